The van der Waals surface area contributed by atoms with E-state index < -0.39 is 0 Å². The van der Waals surface area contributed by atoms with Gasteiger partial charge in [-0.05, 0) is 30.9 Å². The van der Waals surface area contributed by atoms with E-state index in [1.54, 1.807) is 0 Å². The first-order valence-corrected chi connectivity index (χ1v) is 9.16. The number of aryl methyl sites for hydroxylation is 3. The van der Waals surface area contributed by atoms with Crippen LogP contribution in [-0.4, -0.2) is 24.2 Å². The molecule has 1 aliphatic carbocycles. The molecule has 3 rings (SSSR count). The molecule has 2 atom stereocenters. The molecule has 142 valence electrons. The lowest BCUT2D eigenvalue weighted by Crippen LogP contribution is -2.38. The van der Waals surface area contributed by atoms with Gasteiger partial charge in [0, 0.05) is 37.5 Å². The standard InChI is InChI=1S/C20H28N4O.HI/c1-5-17-16(19(6-2)25-24-17)12-22-20(21-4)23-18-11-15(18)14-10-8-7-9-13(14)3;/h7-10,15,18H,5-6,11-12H2,1-4H3,(H2,21,22,23);1H. The topological polar surface area (TPSA) is 62.5 Å². The Hall–Kier alpha value is -1.57. The monoisotopic (exact) mass is 468 g/mol. The molecule has 2 unspecified atom stereocenters. The lowest BCUT2D eigenvalue weighted by molar-refractivity contribution is 0.380. The minimum atomic E-state index is 0. The third-order valence-electron chi connectivity index (χ3n) is 4.96. The number of rotatable bonds is 6. The molecule has 0 amide bonds. The molecule has 2 N–H and O–H groups in total. The second kappa shape index (κ2) is 9.39. The number of hydrogen-bond donors (Lipinski definition) is 2. The molecule has 2 aromatic rings. The quantitative estimate of drug-likeness (QED) is 0.383. The van der Waals surface area contributed by atoms with E-state index in [-0.39, 0.29) is 24.0 Å². The summed E-state index contributed by atoms with van der Waals surface area (Å²) in [5, 5.41) is 11.1. The molecule has 1 aromatic heterocycles. The molecule has 6 heteroatoms. The number of benzene rings is 1. The van der Waals surface area contributed by atoms with Crippen LogP contribution in [0.3, 0.4) is 0 Å². The largest absolute Gasteiger partial charge is 0.361 e. The van der Waals surface area contributed by atoms with Gasteiger partial charge in [0.25, 0.3) is 0 Å². The number of aliphatic imine (C=N–C) groups is 1. The average Bonchev–Trinajstić information content (AvgIpc) is 3.27. The Kier molecular flexibility index (Phi) is 7.49. The predicted molar refractivity (Wildman–Crippen MR) is 116 cm³/mol. The van der Waals surface area contributed by atoms with Crippen LogP contribution in [0.2, 0.25) is 0 Å². The third kappa shape index (κ3) is 4.58. The molecule has 1 fully saturated rings. The Morgan fingerprint density at radius 3 is 2.69 bits per heavy atom. The van der Waals surface area contributed by atoms with Gasteiger partial charge in [-0.3, -0.25) is 4.99 Å². The van der Waals surface area contributed by atoms with Gasteiger partial charge in [-0.1, -0.05) is 43.3 Å². The Balaban J connectivity index is 0.00000243. The summed E-state index contributed by atoms with van der Waals surface area (Å²) in [6.07, 6.45) is 2.89. The van der Waals surface area contributed by atoms with Gasteiger partial charge in [-0.15, -0.1) is 24.0 Å². The average molecular weight is 468 g/mol. The fraction of sp³-hybridized carbons (Fsp3) is 0.500. The van der Waals surface area contributed by atoms with E-state index in [1.165, 1.54) is 16.7 Å². The van der Waals surface area contributed by atoms with E-state index in [4.69, 9.17) is 4.52 Å². The molecule has 0 bridgehead atoms. The molecule has 26 heavy (non-hydrogen) atoms. The molecule has 1 aliphatic rings. The predicted octanol–water partition coefficient (Wildman–Crippen LogP) is 3.95. The first-order valence-electron chi connectivity index (χ1n) is 9.16. The molecule has 5 nitrogen and oxygen atoms in total. The van der Waals surface area contributed by atoms with E-state index in [1.807, 2.05) is 7.05 Å². The van der Waals surface area contributed by atoms with Gasteiger partial charge >= 0.3 is 0 Å². The smallest absolute Gasteiger partial charge is 0.191 e. The molecule has 1 aromatic carbocycles. The van der Waals surface area contributed by atoms with Gasteiger partial charge < -0.3 is 15.2 Å². The molecule has 1 saturated carbocycles. The summed E-state index contributed by atoms with van der Waals surface area (Å²) in [6.45, 7) is 7.07. The lowest BCUT2D eigenvalue weighted by atomic mass is 10.0. The number of halogens is 1. The number of guanidine groups is 1. The summed E-state index contributed by atoms with van der Waals surface area (Å²) >= 11 is 0. The second-order valence-electron chi connectivity index (χ2n) is 6.61. The van der Waals surface area contributed by atoms with Crippen LogP contribution in [-0.2, 0) is 19.4 Å². The summed E-state index contributed by atoms with van der Waals surface area (Å²) in [6, 6.07) is 9.08. The highest BCUT2D eigenvalue weighted by molar-refractivity contribution is 14.0. The Bertz CT molecular complexity index is 735. The van der Waals surface area contributed by atoms with Gasteiger partial charge in [-0.25, -0.2) is 0 Å². The fourth-order valence-electron chi connectivity index (χ4n) is 3.38. The maximum atomic E-state index is 5.43. The van der Waals surface area contributed by atoms with Crippen molar-refractivity contribution >= 4 is 29.9 Å². The van der Waals surface area contributed by atoms with Crippen LogP contribution in [0.4, 0.5) is 0 Å². The summed E-state index contributed by atoms with van der Waals surface area (Å²) in [7, 11) is 1.82. The maximum absolute atomic E-state index is 5.43. The van der Waals surface area contributed by atoms with Crippen molar-refractivity contribution in [3.05, 3.63) is 52.4 Å². The highest BCUT2D eigenvalue weighted by Gasteiger charge is 2.39. The minimum Gasteiger partial charge on any atom is -0.361 e. The van der Waals surface area contributed by atoms with E-state index in [2.05, 4.69) is 65.8 Å². The van der Waals surface area contributed by atoms with E-state index in [0.29, 0.717) is 18.5 Å². The van der Waals surface area contributed by atoms with Gasteiger partial charge in [0.15, 0.2) is 5.96 Å². The molecule has 0 aliphatic heterocycles. The maximum Gasteiger partial charge on any atom is 0.191 e. The number of aromatic nitrogens is 1. The zero-order valence-corrected chi connectivity index (χ0v) is 18.3. The summed E-state index contributed by atoms with van der Waals surface area (Å²) in [4.78, 5) is 4.37. The van der Waals surface area contributed by atoms with Crippen LogP contribution in [0, 0.1) is 6.92 Å². The molecular weight excluding hydrogens is 439 g/mol. The van der Waals surface area contributed by atoms with Crippen LogP contribution in [0.5, 0.6) is 0 Å². The van der Waals surface area contributed by atoms with E-state index in [9.17, 15) is 0 Å². The van der Waals surface area contributed by atoms with Gasteiger partial charge in [-0.2, -0.15) is 0 Å². The highest BCUT2D eigenvalue weighted by Crippen LogP contribution is 2.42. The van der Waals surface area contributed by atoms with Crippen LogP contribution >= 0.6 is 24.0 Å². The minimum absolute atomic E-state index is 0. The van der Waals surface area contributed by atoms with E-state index in [0.717, 1.165) is 36.7 Å². The van der Waals surface area contributed by atoms with Crippen molar-refractivity contribution in [2.24, 2.45) is 4.99 Å². The van der Waals surface area contributed by atoms with Gasteiger partial charge in [0.1, 0.15) is 5.76 Å². The third-order valence-corrected chi connectivity index (χ3v) is 4.96. The van der Waals surface area contributed by atoms with Crippen LogP contribution < -0.4 is 10.6 Å². The van der Waals surface area contributed by atoms with Crippen molar-refractivity contribution in [3.8, 4) is 0 Å². The normalized spacial score (nSPS) is 19.0. The first-order chi connectivity index (χ1) is 12.2. The number of nitrogens with zero attached hydrogens (tertiary/aromatic N) is 2. The number of hydrogen-bond acceptors (Lipinski definition) is 3. The zero-order chi connectivity index (χ0) is 17.8. The summed E-state index contributed by atoms with van der Waals surface area (Å²) < 4.78 is 5.43. The van der Waals surface area contributed by atoms with Gasteiger partial charge in [0.2, 0.25) is 0 Å². The number of nitrogens with one attached hydrogen (secondary N) is 2. The van der Waals surface area contributed by atoms with E-state index >= 15 is 0 Å². The molecule has 0 saturated heterocycles. The van der Waals surface area contributed by atoms with Crippen molar-refractivity contribution in [2.75, 3.05) is 7.05 Å². The summed E-state index contributed by atoms with van der Waals surface area (Å²) in [5.74, 6) is 2.38. The first kappa shape index (κ1) is 20.7. The Morgan fingerprint density at radius 1 is 1.27 bits per heavy atom. The van der Waals surface area contributed by atoms with Gasteiger partial charge in [0.05, 0.1) is 5.69 Å². The molecule has 0 radical (unpaired) electrons. The van der Waals surface area contributed by atoms with Crippen molar-refractivity contribution in [1.29, 1.82) is 0 Å². The SMILES string of the molecule is CCc1noc(CC)c1CNC(=NC)NC1CC1c1ccccc1C.I. The highest BCUT2D eigenvalue weighted by atomic mass is 127. The van der Waals surface area contributed by atoms with Crippen molar-refractivity contribution in [2.45, 2.75) is 58.5 Å². The molecule has 0 spiro atoms. The Morgan fingerprint density at radius 2 is 2.04 bits per heavy atom. The van der Waals surface area contributed by atoms with Crippen molar-refractivity contribution in [3.63, 3.8) is 0 Å². The van der Waals surface area contributed by atoms with Crippen LogP contribution in [0.15, 0.2) is 33.8 Å². The van der Waals surface area contributed by atoms with Crippen LogP contribution in [0.1, 0.15) is 54.3 Å². The second-order valence-corrected chi connectivity index (χ2v) is 6.61. The zero-order valence-electron chi connectivity index (χ0n) is 16.0. The van der Waals surface area contributed by atoms with Crippen molar-refractivity contribution in [1.82, 2.24) is 15.8 Å². The lowest BCUT2D eigenvalue weighted by Gasteiger charge is -2.12. The molecular formula is C20H29IN4O. The van der Waals surface area contributed by atoms with Crippen LogP contribution in [0.25, 0.3) is 0 Å². The summed E-state index contributed by atoms with van der Waals surface area (Å²) in [5.41, 5.74) is 5.00. The molecule has 1 heterocycles. The van der Waals surface area contributed by atoms with Crippen molar-refractivity contribution < 1.29 is 4.52 Å². The Labute approximate surface area is 173 Å². The fourth-order valence-corrected chi connectivity index (χ4v) is 3.38.